The number of methoxy groups -OCH3 is 1. The van der Waals surface area contributed by atoms with Gasteiger partial charge in [0.05, 0.1) is 18.4 Å². The summed E-state index contributed by atoms with van der Waals surface area (Å²) in [6.07, 6.45) is 2.35. The topological polar surface area (TPSA) is 91.6 Å². The number of nitrogens with one attached hydrogen (secondary N) is 1. The fourth-order valence-corrected chi connectivity index (χ4v) is 1.87. The van der Waals surface area contributed by atoms with Crippen LogP contribution in [-0.4, -0.2) is 25.6 Å². The standard InChI is InChI=1S/C16H16N2O5/c1-11-3-4-14(22-2)13(9-11)17-15(19)10-23-16(20)12-5-7-18(21)8-6-12/h3-9H,10H2,1-2H3,(H,17,19). The Labute approximate surface area is 133 Å². The average Bonchev–Trinajstić information content (AvgIpc) is 2.53. The first-order valence-electron chi connectivity index (χ1n) is 6.80. The second-order valence-electron chi connectivity index (χ2n) is 4.77. The van der Waals surface area contributed by atoms with E-state index in [1.165, 1.54) is 31.6 Å². The maximum Gasteiger partial charge on any atom is 0.339 e. The molecule has 0 saturated carbocycles. The molecule has 7 nitrogen and oxygen atoms in total. The van der Waals surface area contributed by atoms with Crippen LogP contribution < -0.4 is 14.8 Å². The van der Waals surface area contributed by atoms with Crippen LogP contribution in [0.3, 0.4) is 0 Å². The molecule has 0 radical (unpaired) electrons. The van der Waals surface area contributed by atoms with Crippen molar-refractivity contribution in [1.82, 2.24) is 0 Å². The van der Waals surface area contributed by atoms with Gasteiger partial charge >= 0.3 is 5.97 Å². The first-order valence-corrected chi connectivity index (χ1v) is 6.80. The number of hydrogen-bond acceptors (Lipinski definition) is 5. The lowest BCUT2D eigenvalue weighted by molar-refractivity contribution is -0.605. The molecule has 7 heteroatoms. The molecule has 1 heterocycles. The molecule has 2 aromatic rings. The van der Waals surface area contributed by atoms with Gasteiger partial charge in [0, 0.05) is 12.1 Å². The fourth-order valence-electron chi connectivity index (χ4n) is 1.87. The molecule has 120 valence electrons. The molecular formula is C16H16N2O5. The minimum atomic E-state index is -0.683. The number of benzene rings is 1. The summed E-state index contributed by atoms with van der Waals surface area (Å²) in [4.78, 5) is 23.6. The van der Waals surface area contributed by atoms with Crippen LogP contribution in [0.4, 0.5) is 5.69 Å². The molecule has 0 bridgehead atoms. The van der Waals surface area contributed by atoms with Gasteiger partial charge in [-0.15, -0.1) is 0 Å². The van der Waals surface area contributed by atoms with E-state index in [0.717, 1.165) is 5.56 Å². The molecule has 1 aromatic heterocycles. The van der Waals surface area contributed by atoms with Gasteiger partial charge in [0.25, 0.3) is 5.91 Å². The van der Waals surface area contributed by atoms with Crippen LogP contribution >= 0.6 is 0 Å². The third-order valence-electron chi connectivity index (χ3n) is 3.00. The van der Waals surface area contributed by atoms with Crippen molar-refractivity contribution < 1.29 is 23.8 Å². The third-order valence-corrected chi connectivity index (χ3v) is 3.00. The van der Waals surface area contributed by atoms with E-state index >= 15 is 0 Å². The van der Waals surface area contributed by atoms with Gasteiger partial charge < -0.3 is 20.0 Å². The zero-order valence-corrected chi connectivity index (χ0v) is 12.7. The van der Waals surface area contributed by atoms with E-state index in [-0.39, 0.29) is 5.56 Å². The minimum Gasteiger partial charge on any atom is -0.619 e. The van der Waals surface area contributed by atoms with Gasteiger partial charge in [-0.2, -0.15) is 4.73 Å². The molecule has 2 rings (SSSR count). The van der Waals surface area contributed by atoms with Crippen LogP contribution in [0.1, 0.15) is 15.9 Å². The van der Waals surface area contributed by atoms with E-state index in [1.807, 2.05) is 13.0 Å². The van der Waals surface area contributed by atoms with Crippen molar-refractivity contribution in [2.24, 2.45) is 0 Å². The Morgan fingerprint density at radius 3 is 2.57 bits per heavy atom. The number of amides is 1. The quantitative estimate of drug-likeness (QED) is 0.512. The Hall–Kier alpha value is -3.09. The number of aromatic nitrogens is 1. The number of ether oxygens (including phenoxy) is 2. The Balaban J connectivity index is 1.94. The highest BCUT2D eigenvalue weighted by atomic mass is 16.5. The Bertz CT molecular complexity index is 713. The second kappa shape index (κ2) is 7.26. The molecule has 23 heavy (non-hydrogen) atoms. The third kappa shape index (κ3) is 4.44. The Morgan fingerprint density at radius 2 is 1.91 bits per heavy atom. The zero-order valence-electron chi connectivity index (χ0n) is 12.7. The van der Waals surface area contributed by atoms with Crippen LogP contribution in [0.15, 0.2) is 42.7 Å². The monoisotopic (exact) mass is 316 g/mol. The second-order valence-corrected chi connectivity index (χ2v) is 4.77. The van der Waals surface area contributed by atoms with Crippen molar-refractivity contribution in [3.8, 4) is 5.75 Å². The molecule has 0 atom stereocenters. The Kier molecular flexibility index (Phi) is 5.14. The molecule has 1 aromatic carbocycles. The highest BCUT2D eigenvalue weighted by Gasteiger charge is 2.13. The number of esters is 1. The number of rotatable bonds is 5. The molecule has 0 aliphatic heterocycles. The van der Waals surface area contributed by atoms with Gasteiger partial charge in [0.2, 0.25) is 0 Å². The maximum atomic E-state index is 11.9. The summed E-state index contributed by atoms with van der Waals surface area (Å²) in [5.41, 5.74) is 1.65. The van der Waals surface area contributed by atoms with E-state index < -0.39 is 18.5 Å². The van der Waals surface area contributed by atoms with Gasteiger partial charge in [-0.1, -0.05) is 6.07 Å². The van der Waals surface area contributed by atoms with Gasteiger partial charge in [0.15, 0.2) is 19.0 Å². The molecule has 0 fully saturated rings. The highest BCUT2D eigenvalue weighted by molar-refractivity contribution is 5.96. The average molecular weight is 316 g/mol. The maximum absolute atomic E-state index is 11.9. The summed E-state index contributed by atoms with van der Waals surface area (Å²) < 4.78 is 10.6. The summed E-state index contributed by atoms with van der Waals surface area (Å²) >= 11 is 0. The fraction of sp³-hybridized carbons (Fsp3) is 0.188. The van der Waals surface area contributed by atoms with Crippen molar-refractivity contribution in [2.75, 3.05) is 19.0 Å². The zero-order chi connectivity index (χ0) is 16.8. The lowest BCUT2D eigenvalue weighted by atomic mass is 10.2. The highest BCUT2D eigenvalue weighted by Crippen LogP contribution is 2.24. The molecule has 0 aliphatic rings. The summed E-state index contributed by atoms with van der Waals surface area (Å²) in [6.45, 7) is 1.44. The number of nitrogens with zero attached hydrogens (tertiary/aromatic N) is 1. The number of hydrogen-bond donors (Lipinski definition) is 1. The first-order chi connectivity index (χ1) is 11.0. The summed E-state index contributed by atoms with van der Waals surface area (Å²) in [7, 11) is 1.50. The molecule has 0 spiro atoms. The molecule has 0 unspecified atom stereocenters. The molecule has 1 N–H and O–H groups in total. The molecular weight excluding hydrogens is 300 g/mol. The minimum absolute atomic E-state index is 0.193. The van der Waals surface area contributed by atoms with E-state index in [9.17, 15) is 14.8 Å². The van der Waals surface area contributed by atoms with Crippen molar-refractivity contribution >= 4 is 17.6 Å². The van der Waals surface area contributed by atoms with Crippen molar-refractivity contribution in [1.29, 1.82) is 0 Å². The Morgan fingerprint density at radius 1 is 1.22 bits per heavy atom. The van der Waals surface area contributed by atoms with Crippen LogP contribution in [0.2, 0.25) is 0 Å². The van der Waals surface area contributed by atoms with Gasteiger partial charge in [-0.25, -0.2) is 4.79 Å². The number of carbonyl (C=O) groups excluding carboxylic acids is 2. The summed E-state index contributed by atoms with van der Waals surface area (Å²) in [6, 6.07) is 7.97. The predicted octanol–water partition coefficient (Wildman–Crippen LogP) is 1.43. The van der Waals surface area contributed by atoms with Crippen LogP contribution in [0.25, 0.3) is 0 Å². The van der Waals surface area contributed by atoms with Crippen molar-refractivity contribution in [2.45, 2.75) is 6.92 Å². The molecule has 0 aliphatic carbocycles. The predicted molar refractivity (Wildman–Crippen MR) is 82.0 cm³/mol. The smallest absolute Gasteiger partial charge is 0.339 e. The van der Waals surface area contributed by atoms with Crippen LogP contribution in [-0.2, 0) is 9.53 Å². The summed E-state index contributed by atoms with van der Waals surface area (Å²) in [5.74, 6) is -0.660. The lowest BCUT2D eigenvalue weighted by Crippen LogP contribution is -2.25. The van der Waals surface area contributed by atoms with Crippen LogP contribution in [0.5, 0.6) is 5.75 Å². The van der Waals surface area contributed by atoms with E-state index in [2.05, 4.69) is 5.32 Å². The van der Waals surface area contributed by atoms with Gasteiger partial charge in [-0.05, 0) is 24.6 Å². The summed E-state index contributed by atoms with van der Waals surface area (Å²) in [5, 5.41) is 13.5. The lowest BCUT2D eigenvalue weighted by Gasteiger charge is -2.11. The van der Waals surface area contributed by atoms with Crippen LogP contribution in [0, 0.1) is 12.1 Å². The van der Waals surface area contributed by atoms with Gasteiger partial charge in [0.1, 0.15) is 5.75 Å². The SMILES string of the molecule is COc1ccc(C)cc1NC(=O)COC(=O)c1cc[n+]([O-])cc1. The van der Waals surface area contributed by atoms with E-state index in [1.54, 1.807) is 12.1 Å². The number of aryl methyl sites for hydroxylation is 1. The normalized spacial score (nSPS) is 10.0. The number of anilines is 1. The van der Waals surface area contributed by atoms with E-state index in [4.69, 9.17) is 9.47 Å². The molecule has 0 saturated heterocycles. The number of carbonyl (C=O) groups is 2. The van der Waals surface area contributed by atoms with Crippen molar-refractivity contribution in [3.05, 3.63) is 59.1 Å². The number of pyridine rings is 1. The van der Waals surface area contributed by atoms with Crippen molar-refractivity contribution in [3.63, 3.8) is 0 Å². The largest absolute Gasteiger partial charge is 0.619 e. The molecule has 1 amide bonds. The van der Waals surface area contributed by atoms with Gasteiger partial charge in [-0.3, -0.25) is 4.79 Å². The van der Waals surface area contributed by atoms with E-state index in [0.29, 0.717) is 16.2 Å². The first kappa shape index (κ1) is 16.3.